The predicted molar refractivity (Wildman–Crippen MR) is 47.8 cm³/mol. The van der Waals surface area contributed by atoms with Gasteiger partial charge in [-0.1, -0.05) is 19.3 Å². The Hall–Kier alpha value is -0.480. The average Bonchev–Trinajstić information content (AvgIpc) is 2.07. The summed E-state index contributed by atoms with van der Waals surface area (Å²) in [6.07, 6.45) is 5.03. The van der Waals surface area contributed by atoms with Crippen LogP contribution in [-0.2, 0) is 0 Å². The minimum absolute atomic E-state index is 0.963. The van der Waals surface area contributed by atoms with E-state index in [1.165, 1.54) is 32.4 Å². The topological polar surface area (TPSA) is 3.24 Å². The standard InChI is InChI=1S/C10H16N/c1-2-3-5-8-11-9-6-4-7-10-11/h8H,2,4,6-7,9-10H2,1H3. The van der Waals surface area contributed by atoms with Crippen LogP contribution in [0.5, 0.6) is 0 Å². The van der Waals surface area contributed by atoms with Crippen LogP contribution in [0, 0.1) is 18.4 Å². The number of likely N-dealkylation sites (tertiary alicyclic amines) is 1. The van der Waals surface area contributed by atoms with Gasteiger partial charge in [0.05, 0.1) is 6.54 Å². The highest BCUT2D eigenvalue weighted by molar-refractivity contribution is 5.08. The molecule has 1 aliphatic heterocycles. The molecule has 1 radical (unpaired) electrons. The van der Waals surface area contributed by atoms with Crippen LogP contribution in [0.2, 0.25) is 0 Å². The summed E-state index contributed by atoms with van der Waals surface area (Å²) in [5.41, 5.74) is 0. The average molecular weight is 150 g/mol. The van der Waals surface area contributed by atoms with E-state index in [0.29, 0.717) is 0 Å². The van der Waals surface area contributed by atoms with Gasteiger partial charge in [-0.2, -0.15) is 0 Å². The van der Waals surface area contributed by atoms with Gasteiger partial charge in [-0.05, 0) is 25.9 Å². The second kappa shape index (κ2) is 5.21. The van der Waals surface area contributed by atoms with Crippen molar-refractivity contribution in [2.45, 2.75) is 32.6 Å². The fraction of sp³-hybridized carbons (Fsp3) is 0.700. The van der Waals surface area contributed by atoms with E-state index < -0.39 is 0 Å². The zero-order valence-electron chi connectivity index (χ0n) is 7.27. The van der Waals surface area contributed by atoms with Gasteiger partial charge >= 0.3 is 0 Å². The van der Waals surface area contributed by atoms with E-state index in [-0.39, 0.29) is 0 Å². The van der Waals surface area contributed by atoms with Crippen LogP contribution in [0.15, 0.2) is 0 Å². The van der Waals surface area contributed by atoms with Crippen LogP contribution in [-0.4, -0.2) is 18.0 Å². The lowest BCUT2D eigenvalue weighted by atomic mass is 10.1. The molecule has 0 N–H and O–H groups in total. The number of nitrogens with zero attached hydrogens (tertiary/aromatic N) is 1. The zero-order valence-corrected chi connectivity index (χ0v) is 7.27. The summed E-state index contributed by atoms with van der Waals surface area (Å²) in [6.45, 7) is 6.54. The molecular formula is C10H16N. The smallest absolute Gasteiger partial charge is 0.0986 e. The van der Waals surface area contributed by atoms with Crippen LogP contribution in [0.3, 0.4) is 0 Å². The maximum atomic E-state index is 3.06. The first-order valence-corrected chi connectivity index (χ1v) is 4.49. The van der Waals surface area contributed by atoms with Crippen LogP contribution in [0.1, 0.15) is 32.6 Å². The highest BCUT2D eigenvalue weighted by Gasteiger charge is 2.07. The van der Waals surface area contributed by atoms with E-state index in [1.54, 1.807) is 0 Å². The minimum atomic E-state index is 0.963. The number of piperidine rings is 1. The van der Waals surface area contributed by atoms with Gasteiger partial charge in [-0.15, -0.1) is 5.92 Å². The highest BCUT2D eigenvalue weighted by atomic mass is 15.1. The Kier molecular flexibility index (Phi) is 4.08. The normalized spacial score (nSPS) is 19.0. The third-order valence-corrected chi connectivity index (χ3v) is 1.92. The summed E-state index contributed by atoms with van der Waals surface area (Å²) in [6, 6.07) is 0. The van der Waals surface area contributed by atoms with E-state index in [4.69, 9.17) is 0 Å². The molecule has 0 saturated carbocycles. The third kappa shape index (κ3) is 3.43. The Morgan fingerprint density at radius 1 is 1.27 bits per heavy atom. The minimum Gasteiger partial charge on any atom is -0.288 e. The fourth-order valence-corrected chi connectivity index (χ4v) is 1.29. The van der Waals surface area contributed by atoms with Crippen molar-refractivity contribution in [3.05, 3.63) is 6.54 Å². The first-order chi connectivity index (χ1) is 5.43. The molecule has 1 heteroatoms. The summed E-state index contributed by atoms with van der Waals surface area (Å²) < 4.78 is 0. The SMILES string of the molecule is CCC#C[CH]N1CCCCC1. The Balaban J connectivity index is 2.14. The van der Waals surface area contributed by atoms with E-state index in [2.05, 4.69) is 23.7 Å². The molecule has 0 unspecified atom stereocenters. The van der Waals surface area contributed by atoms with E-state index in [1.807, 2.05) is 6.54 Å². The first kappa shape index (κ1) is 8.62. The molecule has 0 atom stereocenters. The molecule has 11 heavy (non-hydrogen) atoms. The summed E-state index contributed by atoms with van der Waals surface area (Å²) in [5.74, 6) is 6.10. The van der Waals surface area contributed by atoms with E-state index in [9.17, 15) is 0 Å². The quantitative estimate of drug-likeness (QED) is 0.517. The summed E-state index contributed by atoms with van der Waals surface area (Å²) in [5, 5.41) is 0. The molecule has 0 amide bonds. The largest absolute Gasteiger partial charge is 0.288 e. The van der Waals surface area contributed by atoms with Crippen molar-refractivity contribution in [2.24, 2.45) is 0 Å². The first-order valence-electron chi connectivity index (χ1n) is 4.49. The molecule has 1 heterocycles. The second-order valence-corrected chi connectivity index (χ2v) is 2.90. The number of hydrogen-bond acceptors (Lipinski definition) is 1. The van der Waals surface area contributed by atoms with Crippen LogP contribution >= 0.6 is 0 Å². The van der Waals surface area contributed by atoms with Gasteiger partial charge < -0.3 is 0 Å². The van der Waals surface area contributed by atoms with Crippen molar-refractivity contribution in [2.75, 3.05) is 13.1 Å². The summed E-state index contributed by atoms with van der Waals surface area (Å²) in [7, 11) is 0. The Bertz CT molecular complexity index is 146. The highest BCUT2D eigenvalue weighted by Crippen LogP contribution is 2.08. The van der Waals surface area contributed by atoms with Crippen LogP contribution in [0.25, 0.3) is 0 Å². The Labute approximate surface area is 69.8 Å². The summed E-state index contributed by atoms with van der Waals surface area (Å²) >= 11 is 0. The molecule has 0 spiro atoms. The van der Waals surface area contributed by atoms with Crippen molar-refractivity contribution in [3.8, 4) is 11.8 Å². The molecule has 1 rings (SSSR count). The molecule has 1 saturated heterocycles. The number of hydrogen-bond donors (Lipinski definition) is 0. The molecule has 1 fully saturated rings. The molecule has 61 valence electrons. The van der Waals surface area contributed by atoms with Crippen LogP contribution < -0.4 is 0 Å². The van der Waals surface area contributed by atoms with Gasteiger partial charge in [-0.25, -0.2) is 0 Å². The van der Waals surface area contributed by atoms with Gasteiger partial charge in [0, 0.05) is 6.42 Å². The molecule has 1 nitrogen and oxygen atoms in total. The van der Waals surface area contributed by atoms with Gasteiger partial charge in [0.15, 0.2) is 0 Å². The van der Waals surface area contributed by atoms with Crippen molar-refractivity contribution in [1.29, 1.82) is 0 Å². The monoisotopic (exact) mass is 150 g/mol. The zero-order chi connectivity index (χ0) is 7.94. The van der Waals surface area contributed by atoms with E-state index in [0.717, 1.165) is 6.42 Å². The third-order valence-electron chi connectivity index (χ3n) is 1.92. The molecule has 0 bridgehead atoms. The van der Waals surface area contributed by atoms with E-state index >= 15 is 0 Å². The van der Waals surface area contributed by atoms with Gasteiger partial charge in [0.1, 0.15) is 0 Å². The maximum Gasteiger partial charge on any atom is 0.0986 e. The number of rotatable bonds is 1. The van der Waals surface area contributed by atoms with Gasteiger partial charge in [0.2, 0.25) is 0 Å². The molecule has 0 aromatic heterocycles. The maximum absolute atomic E-state index is 3.06. The van der Waals surface area contributed by atoms with Crippen molar-refractivity contribution < 1.29 is 0 Å². The van der Waals surface area contributed by atoms with Gasteiger partial charge in [0.25, 0.3) is 0 Å². The Morgan fingerprint density at radius 3 is 2.64 bits per heavy atom. The molecule has 1 aliphatic rings. The lowest BCUT2D eigenvalue weighted by Gasteiger charge is -2.23. The molecular weight excluding hydrogens is 134 g/mol. The summed E-state index contributed by atoms with van der Waals surface area (Å²) in [4.78, 5) is 2.33. The van der Waals surface area contributed by atoms with Crippen molar-refractivity contribution >= 4 is 0 Å². The lowest BCUT2D eigenvalue weighted by molar-refractivity contribution is 0.290. The van der Waals surface area contributed by atoms with Crippen molar-refractivity contribution in [1.82, 2.24) is 4.90 Å². The predicted octanol–water partition coefficient (Wildman–Crippen LogP) is 2.05. The van der Waals surface area contributed by atoms with Crippen molar-refractivity contribution in [3.63, 3.8) is 0 Å². The van der Waals surface area contributed by atoms with Gasteiger partial charge in [-0.3, -0.25) is 4.90 Å². The molecule has 0 aliphatic carbocycles. The molecule has 0 aromatic rings. The fourth-order valence-electron chi connectivity index (χ4n) is 1.29. The lowest BCUT2D eigenvalue weighted by Crippen LogP contribution is -2.26. The Morgan fingerprint density at radius 2 is 2.00 bits per heavy atom. The van der Waals surface area contributed by atoms with Crippen LogP contribution in [0.4, 0.5) is 0 Å². The second-order valence-electron chi connectivity index (χ2n) is 2.90. The molecule has 0 aromatic carbocycles.